The lowest BCUT2D eigenvalue weighted by Crippen LogP contribution is -2.51. The Kier molecular flexibility index (Phi) is 6.39. The number of amides is 1. The largest absolute Gasteiger partial charge is 0.494 e. The van der Waals surface area contributed by atoms with Crippen LogP contribution in [0, 0.1) is 5.41 Å². The Morgan fingerprint density at radius 3 is 2.57 bits per heavy atom. The van der Waals surface area contributed by atoms with E-state index in [4.69, 9.17) is 9.72 Å². The Hall–Kier alpha value is -3.70. The van der Waals surface area contributed by atoms with Crippen LogP contribution in [0.25, 0.3) is 22.2 Å². The molecule has 1 aliphatic carbocycles. The van der Waals surface area contributed by atoms with Crippen molar-refractivity contribution in [2.45, 2.75) is 38.8 Å². The van der Waals surface area contributed by atoms with Crippen LogP contribution in [0.4, 0.5) is 0 Å². The van der Waals surface area contributed by atoms with Crippen molar-refractivity contribution in [3.8, 4) is 17.0 Å². The minimum atomic E-state index is -0.00947. The maximum Gasteiger partial charge on any atom is 0.252 e. The van der Waals surface area contributed by atoms with E-state index in [2.05, 4.69) is 40.5 Å². The molecule has 5 nitrogen and oxygen atoms in total. The molecule has 2 fully saturated rings. The van der Waals surface area contributed by atoms with Crippen LogP contribution in [0.2, 0.25) is 0 Å². The number of ether oxygens (including phenoxy) is 1. The molecule has 5 heteroatoms. The van der Waals surface area contributed by atoms with Gasteiger partial charge in [0.1, 0.15) is 5.75 Å². The number of carbonyl (C=O) groups is 1. The second kappa shape index (κ2) is 9.98. The Morgan fingerprint density at radius 2 is 1.78 bits per heavy atom. The van der Waals surface area contributed by atoms with E-state index in [1.54, 1.807) is 0 Å². The van der Waals surface area contributed by atoms with Crippen LogP contribution in [-0.4, -0.2) is 41.5 Å². The number of pyridine rings is 1. The zero-order chi connectivity index (χ0) is 25.2. The molecule has 1 aliphatic heterocycles. The molecular weight excluding hydrogens is 458 g/mol. The molecule has 4 aromatic rings. The normalized spacial score (nSPS) is 21.2. The first kappa shape index (κ1) is 23.7. The smallest absolute Gasteiger partial charge is 0.252 e. The Labute approximate surface area is 218 Å². The van der Waals surface area contributed by atoms with Gasteiger partial charge in [-0.3, -0.25) is 9.69 Å². The lowest BCUT2D eigenvalue weighted by atomic mass is 9.65. The predicted octanol–water partition coefficient (Wildman–Crippen LogP) is 6.09. The van der Waals surface area contributed by atoms with Crippen LogP contribution in [0.15, 0.2) is 84.9 Å². The van der Waals surface area contributed by atoms with Gasteiger partial charge in [0.05, 0.1) is 23.4 Å². The van der Waals surface area contributed by atoms with Gasteiger partial charge in [0.25, 0.3) is 5.91 Å². The molecule has 0 bridgehead atoms. The molecule has 0 atom stereocenters. The van der Waals surface area contributed by atoms with E-state index in [-0.39, 0.29) is 11.9 Å². The Balaban J connectivity index is 1.15. The number of nitrogens with zero attached hydrogens (tertiary/aromatic N) is 2. The second-order valence-corrected chi connectivity index (χ2v) is 10.6. The topological polar surface area (TPSA) is 54.5 Å². The number of benzene rings is 3. The lowest BCUT2D eigenvalue weighted by molar-refractivity contribution is 0.0695. The standard InChI is InChI=1S/C32H33N3O2/c1-2-37-26-14-12-24(13-15-26)30-18-28(27-10-6-7-11-29(27)34-30)31(36)33-25-19-32(20-25)16-17-35(22-32)21-23-8-4-3-5-9-23/h3-15,18,25H,2,16-17,19-22H2,1H3,(H,33,36). The van der Waals surface area contributed by atoms with Gasteiger partial charge in [-0.1, -0.05) is 48.5 Å². The Morgan fingerprint density at radius 1 is 1.03 bits per heavy atom. The van der Waals surface area contributed by atoms with Crippen molar-refractivity contribution < 1.29 is 9.53 Å². The predicted molar refractivity (Wildman–Crippen MR) is 148 cm³/mol. The van der Waals surface area contributed by atoms with Gasteiger partial charge in [-0.25, -0.2) is 4.98 Å². The van der Waals surface area contributed by atoms with E-state index in [1.807, 2.05) is 61.5 Å². The summed E-state index contributed by atoms with van der Waals surface area (Å²) < 4.78 is 5.58. The van der Waals surface area contributed by atoms with Gasteiger partial charge in [-0.15, -0.1) is 0 Å². The van der Waals surface area contributed by atoms with Crippen molar-refractivity contribution in [1.82, 2.24) is 15.2 Å². The first-order valence-corrected chi connectivity index (χ1v) is 13.3. The highest BCUT2D eigenvalue weighted by atomic mass is 16.5. The highest BCUT2D eigenvalue weighted by Gasteiger charge is 2.48. The quantitative estimate of drug-likeness (QED) is 0.340. The van der Waals surface area contributed by atoms with Crippen molar-refractivity contribution in [2.75, 3.05) is 19.7 Å². The fraction of sp³-hybridized carbons (Fsp3) is 0.312. The van der Waals surface area contributed by atoms with Crippen LogP contribution in [0.1, 0.15) is 42.1 Å². The van der Waals surface area contributed by atoms with Crippen molar-refractivity contribution in [1.29, 1.82) is 0 Å². The fourth-order valence-corrected chi connectivity index (χ4v) is 6.09. The monoisotopic (exact) mass is 491 g/mol. The zero-order valence-electron chi connectivity index (χ0n) is 21.3. The highest BCUT2D eigenvalue weighted by molar-refractivity contribution is 6.07. The number of para-hydroxylation sites is 1. The van der Waals surface area contributed by atoms with E-state index in [0.29, 0.717) is 17.6 Å². The number of aromatic nitrogens is 1. The number of hydrogen-bond acceptors (Lipinski definition) is 4. The van der Waals surface area contributed by atoms with Crippen LogP contribution in [0.5, 0.6) is 5.75 Å². The summed E-state index contributed by atoms with van der Waals surface area (Å²) in [5.74, 6) is 0.822. The fourth-order valence-electron chi connectivity index (χ4n) is 6.09. The number of rotatable bonds is 7. The molecule has 1 saturated carbocycles. The Bertz CT molecular complexity index is 1400. The molecule has 1 aromatic heterocycles. The summed E-state index contributed by atoms with van der Waals surface area (Å²) >= 11 is 0. The average Bonchev–Trinajstić information content (AvgIpc) is 3.33. The van der Waals surface area contributed by atoms with Gasteiger partial charge in [-0.2, -0.15) is 0 Å². The van der Waals surface area contributed by atoms with E-state index < -0.39 is 0 Å². The molecular formula is C32H33N3O2. The number of hydrogen-bond donors (Lipinski definition) is 1. The number of likely N-dealkylation sites (tertiary alicyclic amines) is 1. The molecule has 6 rings (SSSR count). The van der Waals surface area contributed by atoms with Crippen molar-refractivity contribution in [3.05, 3.63) is 96.1 Å². The SMILES string of the molecule is CCOc1ccc(-c2cc(C(=O)NC3CC4(CCN(Cc5ccccc5)C4)C3)c3ccccc3n2)cc1. The number of carbonyl (C=O) groups excluding carboxylic acids is 1. The molecule has 1 saturated heterocycles. The summed E-state index contributed by atoms with van der Waals surface area (Å²) in [4.78, 5) is 20.9. The van der Waals surface area contributed by atoms with Gasteiger partial charge < -0.3 is 10.1 Å². The van der Waals surface area contributed by atoms with Gasteiger partial charge in [0.15, 0.2) is 0 Å². The zero-order valence-corrected chi connectivity index (χ0v) is 21.3. The molecule has 3 aromatic carbocycles. The molecule has 0 radical (unpaired) electrons. The summed E-state index contributed by atoms with van der Waals surface area (Å²) in [5.41, 5.74) is 5.00. The molecule has 37 heavy (non-hydrogen) atoms. The number of nitrogens with one attached hydrogen (secondary N) is 1. The third kappa shape index (κ3) is 4.96. The van der Waals surface area contributed by atoms with Crippen molar-refractivity contribution >= 4 is 16.8 Å². The van der Waals surface area contributed by atoms with E-state index >= 15 is 0 Å². The molecule has 1 N–H and O–H groups in total. The summed E-state index contributed by atoms with van der Waals surface area (Å²) in [6, 6.07) is 28.7. The van der Waals surface area contributed by atoms with Crippen LogP contribution >= 0.6 is 0 Å². The van der Waals surface area contributed by atoms with Gasteiger partial charge in [0, 0.05) is 30.1 Å². The molecule has 1 amide bonds. The maximum atomic E-state index is 13.5. The highest BCUT2D eigenvalue weighted by Crippen LogP contribution is 2.48. The number of fused-ring (bicyclic) bond motifs is 1. The summed E-state index contributed by atoms with van der Waals surface area (Å²) in [6.07, 6.45) is 3.32. The average molecular weight is 492 g/mol. The third-order valence-corrected chi connectivity index (χ3v) is 7.88. The van der Waals surface area contributed by atoms with Crippen LogP contribution < -0.4 is 10.1 Å². The van der Waals surface area contributed by atoms with Gasteiger partial charge in [-0.05, 0) is 80.1 Å². The first-order valence-electron chi connectivity index (χ1n) is 13.3. The summed E-state index contributed by atoms with van der Waals surface area (Å²) in [7, 11) is 0. The van der Waals surface area contributed by atoms with Gasteiger partial charge >= 0.3 is 0 Å². The maximum absolute atomic E-state index is 13.5. The lowest BCUT2D eigenvalue weighted by Gasteiger charge is -2.45. The minimum absolute atomic E-state index is 0.00947. The van der Waals surface area contributed by atoms with Gasteiger partial charge in [0.2, 0.25) is 0 Å². The van der Waals surface area contributed by atoms with Crippen molar-refractivity contribution in [3.63, 3.8) is 0 Å². The molecule has 1 spiro atoms. The second-order valence-electron chi connectivity index (χ2n) is 10.6. The molecule has 188 valence electrons. The van der Waals surface area contributed by atoms with Crippen molar-refractivity contribution in [2.24, 2.45) is 5.41 Å². The first-order chi connectivity index (χ1) is 18.1. The third-order valence-electron chi connectivity index (χ3n) is 7.88. The molecule has 0 unspecified atom stereocenters. The minimum Gasteiger partial charge on any atom is -0.494 e. The van der Waals surface area contributed by atoms with Crippen LogP contribution in [0.3, 0.4) is 0 Å². The van der Waals surface area contributed by atoms with E-state index in [1.165, 1.54) is 12.0 Å². The van der Waals surface area contributed by atoms with E-state index in [0.717, 1.165) is 60.4 Å². The molecule has 2 aliphatic rings. The molecule has 2 heterocycles. The van der Waals surface area contributed by atoms with E-state index in [9.17, 15) is 4.79 Å². The van der Waals surface area contributed by atoms with Crippen LogP contribution in [-0.2, 0) is 6.54 Å². The summed E-state index contributed by atoms with van der Waals surface area (Å²) in [5, 5.41) is 4.23. The summed E-state index contributed by atoms with van der Waals surface area (Å²) in [6.45, 7) is 5.87.